The van der Waals surface area contributed by atoms with Crippen molar-refractivity contribution < 1.29 is 0 Å². The number of benzene rings is 1. The van der Waals surface area contributed by atoms with E-state index < -0.39 is 0 Å². The van der Waals surface area contributed by atoms with Gasteiger partial charge in [0, 0.05) is 44.4 Å². The Balaban J connectivity index is 1.48. The molecule has 0 unspecified atom stereocenters. The molecule has 1 N–H and O–H groups in total. The summed E-state index contributed by atoms with van der Waals surface area (Å²) in [5, 5.41) is 0. The van der Waals surface area contributed by atoms with Crippen LogP contribution in [-0.2, 0) is 6.42 Å². The van der Waals surface area contributed by atoms with Gasteiger partial charge in [0.25, 0.3) is 5.56 Å². The fourth-order valence-electron chi connectivity index (χ4n) is 3.44. The highest BCUT2D eigenvalue weighted by Crippen LogP contribution is 2.17. The molecule has 27 heavy (non-hydrogen) atoms. The lowest BCUT2D eigenvalue weighted by Crippen LogP contribution is -2.48. The van der Waals surface area contributed by atoms with E-state index in [0.29, 0.717) is 12.4 Å². The van der Waals surface area contributed by atoms with Crippen molar-refractivity contribution in [2.45, 2.75) is 13.3 Å². The summed E-state index contributed by atoms with van der Waals surface area (Å²) in [5.74, 6) is 1.66. The molecule has 1 saturated heterocycles. The first kappa shape index (κ1) is 17.3. The quantitative estimate of drug-likeness (QED) is 0.773. The summed E-state index contributed by atoms with van der Waals surface area (Å²) >= 11 is 0. The highest BCUT2D eigenvalue weighted by Gasteiger charge is 2.20. The molecule has 1 aliphatic heterocycles. The van der Waals surface area contributed by atoms with Crippen molar-refractivity contribution in [2.75, 3.05) is 36.0 Å². The summed E-state index contributed by atoms with van der Waals surface area (Å²) in [7, 11) is 0. The van der Waals surface area contributed by atoms with Gasteiger partial charge in [0.15, 0.2) is 0 Å². The molecule has 138 valence electrons. The first-order valence-corrected chi connectivity index (χ1v) is 9.25. The molecule has 0 bridgehead atoms. The van der Waals surface area contributed by atoms with Crippen molar-refractivity contribution in [2.24, 2.45) is 0 Å². The third kappa shape index (κ3) is 3.84. The van der Waals surface area contributed by atoms with Gasteiger partial charge >= 0.3 is 0 Å². The van der Waals surface area contributed by atoms with Crippen molar-refractivity contribution in [3.05, 3.63) is 81.9 Å². The average molecular weight is 361 g/mol. The van der Waals surface area contributed by atoms with Crippen LogP contribution in [-0.4, -0.2) is 41.1 Å². The molecule has 1 aliphatic rings. The highest BCUT2D eigenvalue weighted by molar-refractivity contribution is 5.42. The van der Waals surface area contributed by atoms with E-state index in [0.717, 1.165) is 48.8 Å². The Morgan fingerprint density at radius 3 is 2.33 bits per heavy atom. The summed E-state index contributed by atoms with van der Waals surface area (Å²) in [6, 6.07) is 16.0. The van der Waals surface area contributed by atoms with Crippen molar-refractivity contribution in [3.63, 3.8) is 0 Å². The van der Waals surface area contributed by atoms with E-state index in [1.54, 1.807) is 0 Å². The third-order valence-electron chi connectivity index (χ3n) is 4.99. The first-order chi connectivity index (χ1) is 13.2. The van der Waals surface area contributed by atoms with Crippen LogP contribution >= 0.6 is 0 Å². The molecular formula is C21H23N5O. The number of pyridine rings is 1. The molecule has 0 amide bonds. The van der Waals surface area contributed by atoms with Crippen LogP contribution in [0.15, 0.2) is 59.5 Å². The molecule has 3 aromatic rings. The summed E-state index contributed by atoms with van der Waals surface area (Å²) in [5.41, 5.74) is 2.60. The lowest BCUT2D eigenvalue weighted by molar-refractivity contribution is 0.632. The average Bonchev–Trinajstić information content (AvgIpc) is 2.72. The predicted molar refractivity (Wildman–Crippen MR) is 108 cm³/mol. The van der Waals surface area contributed by atoms with E-state index in [-0.39, 0.29) is 5.56 Å². The van der Waals surface area contributed by atoms with Gasteiger partial charge in [0.1, 0.15) is 5.82 Å². The Kier molecular flexibility index (Phi) is 4.87. The number of H-pyrrole nitrogens is 1. The van der Waals surface area contributed by atoms with Crippen LogP contribution < -0.4 is 15.4 Å². The Bertz CT molecular complexity index is 947. The SMILES string of the molecule is Cc1nc(N2CCN(c3ccccn3)CC2)[nH]c(=O)c1Cc1ccccc1. The van der Waals surface area contributed by atoms with Gasteiger partial charge in [-0.2, -0.15) is 0 Å². The van der Waals surface area contributed by atoms with E-state index >= 15 is 0 Å². The van der Waals surface area contributed by atoms with Crippen LogP contribution in [0.4, 0.5) is 11.8 Å². The first-order valence-electron chi connectivity index (χ1n) is 9.25. The summed E-state index contributed by atoms with van der Waals surface area (Å²) in [6.45, 7) is 5.23. The number of aromatic amines is 1. The van der Waals surface area contributed by atoms with Crippen LogP contribution in [0, 0.1) is 6.92 Å². The van der Waals surface area contributed by atoms with Crippen LogP contribution in [0.2, 0.25) is 0 Å². The highest BCUT2D eigenvalue weighted by atomic mass is 16.1. The molecule has 6 heteroatoms. The van der Waals surface area contributed by atoms with Gasteiger partial charge in [-0.1, -0.05) is 36.4 Å². The third-order valence-corrected chi connectivity index (χ3v) is 4.99. The van der Waals surface area contributed by atoms with Gasteiger partial charge < -0.3 is 9.80 Å². The molecule has 6 nitrogen and oxygen atoms in total. The zero-order chi connectivity index (χ0) is 18.6. The van der Waals surface area contributed by atoms with Gasteiger partial charge in [0.05, 0.1) is 5.69 Å². The van der Waals surface area contributed by atoms with E-state index in [2.05, 4.69) is 24.8 Å². The Morgan fingerprint density at radius 2 is 1.67 bits per heavy atom. The lowest BCUT2D eigenvalue weighted by Gasteiger charge is -2.35. The van der Waals surface area contributed by atoms with Gasteiger partial charge in [-0.25, -0.2) is 9.97 Å². The summed E-state index contributed by atoms with van der Waals surface area (Å²) in [6.07, 6.45) is 2.41. The second-order valence-electron chi connectivity index (χ2n) is 6.78. The number of anilines is 2. The van der Waals surface area contributed by atoms with Gasteiger partial charge in [-0.3, -0.25) is 9.78 Å². The molecule has 0 radical (unpaired) electrons. The normalized spacial score (nSPS) is 14.4. The fraction of sp³-hybridized carbons (Fsp3) is 0.286. The molecule has 1 fully saturated rings. The minimum Gasteiger partial charge on any atom is -0.353 e. The minimum absolute atomic E-state index is 0.0477. The molecule has 3 heterocycles. The minimum atomic E-state index is -0.0477. The van der Waals surface area contributed by atoms with Crippen molar-refractivity contribution in [1.82, 2.24) is 15.0 Å². The van der Waals surface area contributed by atoms with Crippen molar-refractivity contribution in [3.8, 4) is 0 Å². The maximum absolute atomic E-state index is 12.7. The molecule has 1 aromatic carbocycles. The zero-order valence-corrected chi connectivity index (χ0v) is 15.4. The molecule has 0 saturated carbocycles. The Morgan fingerprint density at radius 1 is 0.963 bits per heavy atom. The monoisotopic (exact) mass is 361 g/mol. The maximum Gasteiger partial charge on any atom is 0.256 e. The van der Waals surface area contributed by atoms with E-state index in [1.807, 2.05) is 61.7 Å². The fourth-order valence-corrected chi connectivity index (χ4v) is 3.44. The topological polar surface area (TPSA) is 65.1 Å². The molecule has 4 rings (SSSR count). The molecule has 2 aromatic heterocycles. The van der Waals surface area contributed by atoms with E-state index in [1.165, 1.54) is 0 Å². The molecule has 0 spiro atoms. The number of nitrogens with zero attached hydrogens (tertiary/aromatic N) is 4. The number of aryl methyl sites for hydroxylation is 1. The molecule has 0 atom stereocenters. The van der Waals surface area contributed by atoms with E-state index in [9.17, 15) is 4.79 Å². The lowest BCUT2D eigenvalue weighted by atomic mass is 10.1. The van der Waals surface area contributed by atoms with Crippen LogP contribution in [0.5, 0.6) is 0 Å². The van der Waals surface area contributed by atoms with Crippen LogP contribution in [0.3, 0.4) is 0 Å². The zero-order valence-electron chi connectivity index (χ0n) is 15.4. The number of rotatable bonds is 4. The van der Waals surface area contributed by atoms with Crippen LogP contribution in [0.1, 0.15) is 16.8 Å². The van der Waals surface area contributed by atoms with Gasteiger partial charge in [-0.15, -0.1) is 0 Å². The van der Waals surface area contributed by atoms with Gasteiger partial charge in [-0.05, 0) is 24.6 Å². The molecular weight excluding hydrogens is 338 g/mol. The van der Waals surface area contributed by atoms with Crippen molar-refractivity contribution in [1.29, 1.82) is 0 Å². The number of piperazine rings is 1. The predicted octanol–water partition coefficient (Wildman–Crippen LogP) is 2.39. The second-order valence-corrected chi connectivity index (χ2v) is 6.78. The Labute approximate surface area is 158 Å². The number of nitrogens with one attached hydrogen (secondary N) is 1. The number of hydrogen-bond acceptors (Lipinski definition) is 5. The summed E-state index contributed by atoms with van der Waals surface area (Å²) < 4.78 is 0. The van der Waals surface area contributed by atoms with Crippen molar-refractivity contribution >= 4 is 11.8 Å². The maximum atomic E-state index is 12.7. The number of aromatic nitrogens is 3. The largest absolute Gasteiger partial charge is 0.353 e. The van der Waals surface area contributed by atoms with Crippen LogP contribution in [0.25, 0.3) is 0 Å². The second kappa shape index (κ2) is 7.61. The standard InChI is InChI=1S/C21H23N5O/c1-16-18(15-17-7-3-2-4-8-17)20(27)24-21(23-16)26-13-11-25(12-14-26)19-9-5-6-10-22-19/h2-10H,11-15H2,1H3,(H,23,24,27). The molecule has 0 aliphatic carbocycles. The Hall–Kier alpha value is -3.15. The van der Waals surface area contributed by atoms with E-state index in [4.69, 9.17) is 0 Å². The number of hydrogen-bond donors (Lipinski definition) is 1. The smallest absolute Gasteiger partial charge is 0.256 e. The van der Waals surface area contributed by atoms with Gasteiger partial charge in [0.2, 0.25) is 5.95 Å². The summed E-state index contributed by atoms with van der Waals surface area (Å²) in [4.78, 5) is 29.1.